The molecule has 0 aromatic carbocycles. The van der Waals surface area contributed by atoms with E-state index in [9.17, 15) is 0 Å². The predicted octanol–water partition coefficient (Wildman–Crippen LogP) is 3.63. The van der Waals surface area contributed by atoms with Gasteiger partial charge in [0, 0.05) is 17.8 Å². The topological polar surface area (TPSA) is 47.0 Å². The number of thiophene rings is 1. The second-order valence-corrected chi connectivity index (χ2v) is 5.39. The van der Waals surface area contributed by atoms with E-state index in [4.69, 9.17) is 16.3 Å². The van der Waals surface area contributed by atoms with Crippen molar-refractivity contribution in [3.8, 4) is 5.88 Å². The summed E-state index contributed by atoms with van der Waals surface area (Å²) in [6.07, 6.45) is 3.43. The number of anilines is 1. The first-order chi connectivity index (χ1) is 9.29. The summed E-state index contributed by atoms with van der Waals surface area (Å²) in [5, 5.41) is 5.60. The van der Waals surface area contributed by atoms with Crippen LogP contribution >= 0.6 is 22.9 Å². The first-order valence-corrected chi connectivity index (χ1v) is 7.47. The molecule has 2 rings (SSSR count). The van der Waals surface area contributed by atoms with E-state index < -0.39 is 0 Å². The highest BCUT2D eigenvalue weighted by Gasteiger charge is 2.06. The fourth-order valence-electron chi connectivity index (χ4n) is 1.48. The Morgan fingerprint density at radius 2 is 2.37 bits per heavy atom. The molecule has 0 spiro atoms. The highest BCUT2D eigenvalue weighted by molar-refractivity contribution is 7.09. The van der Waals surface area contributed by atoms with Crippen molar-refractivity contribution in [2.75, 3.05) is 18.5 Å². The highest BCUT2D eigenvalue weighted by Crippen LogP contribution is 2.22. The van der Waals surface area contributed by atoms with Crippen molar-refractivity contribution < 1.29 is 4.74 Å². The van der Waals surface area contributed by atoms with Crippen molar-refractivity contribution in [1.82, 2.24) is 9.97 Å². The number of halogens is 1. The van der Waals surface area contributed by atoms with Crippen molar-refractivity contribution in [3.63, 3.8) is 0 Å². The molecule has 0 unspecified atom stereocenters. The van der Waals surface area contributed by atoms with E-state index in [1.54, 1.807) is 17.5 Å². The van der Waals surface area contributed by atoms with Gasteiger partial charge in [0.25, 0.3) is 0 Å². The molecule has 2 heterocycles. The van der Waals surface area contributed by atoms with Gasteiger partial charge in [-0.15, -0.1) is 11.3 Å². The van der Waals surface area contributed by atoms with E-state index in [0.717, 1.165) is 19.4 Å². The molecule has 0 bridgehead atoms. The minimum atomic E-state index is 0.437. The Morgan fingerprint density at radius 3 is 3.11 bits per heavy atom. The highest BCUT2D eigenvalue weighted by atomic mass is 35.5. The lowest BCUT2D eigenvalue weighted by molar-refractivity contribution is 0.310. The molecule has 6 heteroatoms. The number of nitrogens with one attached hydrogen (secondary N) is 1. The number of hydrogen-bond acceptors (Lipinski definition) is 5. The van der Waals surface area contributed by atoms with Crippen molar-refractivity contribution >= 4 is 28.9 Å². The van der Waals surface area contributed by atoms with Crippen LogP contribution in [0.3, 0.4) is 0 Å². The van der Waals surface area contributed by atoms with Gasteiger partial charge in [-0.2, -0.15) is 4.98 Å². The number of ether oxygens (including phenoxy) is 1. The summed E-state index contributed by atoms with van der Waals surface area (Å²) in [4.78, 5) is 9.64. The van der Waals surface area contributed by atoms with Crippen molar-refractivity contribution in [3.05, 3.63) is 33.6 Å². The maximum atomic E-state index is 6.02. The molecule has 2 aromatic rings. The summed E-state index contributed by atoms with van der Waals surface area (Å²) < 4.78 is 5.61. The quantitative estimate of drug-likeness (QED) is 0.847. The number of aromatic nitrogens is 2. The maximum absolute atomic E-state index is 6.02. The van der Waals surface area contributed by atoms with Crippen LogP contribution in [0.1, 0.15) is 18.2 Å². The molecule has 102 valence electrons. The Morgan fingerprint density at radius 1 is 1.47 bits per heavy atom. The summed E-state index contributed by atoms with van der Waals surface area (Å²) in [5.41, 5.74) is 0. The summed E-state index contributed by atoms with van der Waals surface area (Å²) in [6, 6.07) is 4.12. The molecule has 0 saturated heterocycles. The van der Waals surface area contributed by atoms with Crippen LogP contribution in [0.2, 0.25) is 5.02 Å². The Bertz CT molecular complexity index is 505. The lowest BCUT2D eigenvalue weighted by Gasteiger charge is -2.08. The zero-order chi connectivity index (χ0) is 13.5. The second kappa shape index (κ2) is 7.31. The van der Waals surface area contributed by atoms with Gasteiger partial charge in [0.2, 0.25) is 11.8 Å². The van der Waals surface area contributed by atoms with Gasteiger partial charge in [-0.05, 0) is 17.9 Å². The summed E-state index contributed by atoms with van der Waals surface area (Å²) in [6.45, 7) is 3.47. The van der Waals surface area contributed by atoms with Gasteiger partial charge in [0.1, 0.15) is 5.02 Å². The van der Waals surface area contributed by atoms with E-state index >= 15 is 0 Å². The normalized spacial score (nSPS) is 10.4. The number of hydrogen-bond donors (Lipinski definition) is 1. The van der Waals surface area contributed by atoms with Crippen LogP contribution < -0.4 is 10.1 Å². The molecule has 0 aliphatic carbocycles. The van der Waals surface area contributed by atoms with Crippen LogP contribution in [-0.4, -0.2) is 23.1 Å². The number of rotatable bonds is 7. The van der Waals surface area contributed by atoms with Crippen LogP contribution in [-0.2, 0) is 6.42 Å². The van der Waals surface area contributed by atoms with E-state index in [-0.39, 0.29) is 0 Å². The Hall–Kier alpha value is -1.33. The zero-order valence-corrected chi connectivity index (χ0v) is 12.3. The third-order valence-electron chi connectivity index (χ3n) is 2.41. The third-order valence-corrected chi connectivity index (χ3v) is 3.61. The zero-order valence-electron chi connectivity index (χ0n) is 10.7. The van der Waals surface area contributed by atoms with Crippen LogP contribution in [0.4, 0.5) is 5.95 Å². The van der Waals surface area contributed by atoms with Gasteiger partial charge in [0.05, 0.1) is 12.8 Å². The largest absolute Gasteiger partial charge is 0.476 e. The van der Waals surface area contributed by atoms with Crippen molar-refractivity contribution in [2.45, 2.75) is 19.8 Å². The molecule has 4 nitrogen and oxygen atoms in total. The Balaban J connectivity index is 1.90. The molecular weight excluding hydrogens is 282 g/mol. The van der Waals surface area contributed by atoms with Gasteiger partial charge in [0.15, 0.2) is 0 Å². The first-order valence-electron chi connectivity index (χ1n) is 6.21. The fraction of sp³-hybridized carbons (Fsp3) is 0.385. The van der Waals surface area contributed by atoms with Gasteiger partial charge in [-0.25, -0.2) is 4.98 Å². The van der Waals surface area contributed by atoms with Crippen LogP contribution in [0.5, 0.6) is 5.88 Å². The second-order valence-electron chi connectivity index (χ2n) is 3.95. The maximum Gasteiger partial charge on any atom is 0.237 e. The predicted molar refractivity (Wildman–Crippen MR) is 79.3 cm³/mol. The molecule has 0 aliphatic rings. The summed E-state index contributed by atoms with van der Waals surface area (Å²) in [5.74, 6) is 0.990. The van der Waals surface area contributed by atoms with Crippen LogP contribution in [0, 0.1) is 0 Å². The third kappa shape index (κ3) is 4.36. The average Bonchev–Trinajstić information content (AvgIpc) is 2.92. The fourth-order valence-corrected chi connectivity index (χ4v) is 2.31. The standard InChI is InChI=1S/C13H16ClN3OS/c1-2-6-15-13-16-9-11(14)12(17-13)18-7-5-10-4-3-8-19-10/h3-4,8-9H,2,5-7H2,1H3,(H,15,16,17). The molecule has 2 aromatic heterocycles. The smallest absolute Gasteiger partial charge is 0.237 e. The molecule has 0 saturated carbocycles. The molecule has 0 atom stereocenters. The Labute approximate surface area is 121 Å². The van der Waals surface area contributed by atoms with E-state index in [1.807, 2.05) is 6.07 Å². The average molecular weight is 298 g/mol. The lowest BCUT2D eigenvalue weighted by Crippen LogP contribution is -2.07. The molecule has 0 aliphatic heterocycles. The van der Waals surface area contributed by atoms with Crippen LogP contribution in [0.25, 0.3) is 0 Å². The van der Waals surface area contributed by atoms with Gasteiger partial charge >= 0.3 is 0 Å². The summed E-state index contributed by atoms with van der Waals surface area (Å²) in [7, 11) is 0. The molecule has 0 amide bonds. The first kappa shape index (κ1) is 14.1. The Kier molecular flexibility index (Phi) is 5.42. The van der Waals surface area contributed by atoms with Gasteiger partial charge in [-0.1, -0.05) is 24.6 Å². The molecule has 0 radical (unpaired) electrons. The monoisotopic (exact) mass is 297 g/mol. The lowest BCUT2D eigenvalue weighted by atomic mass is 10.4. The molecular formula is C13H16ClN3OS. The van der Waals surface area contributed by atoms with E-state index in [0.29, 0.717) is 23.5 Å². The van der Waals surface area contributed by atoms with E-state index in [2.05, 4.69) is 33.7 Å². The van der Waals surface area contributed by atoms with Gasteiger partial charge < -0.3 is 10.1 Å². The minimum Gasteiger partial charge on any atom is -0.476 e. The molecule has 0 fully saturated rings. The SMILES string of the molecule is CCCNc1ncc(Cl)c(OCCc2cccs2)n1. The molecule has 1 N–H and O–H groups in total. The number of nitrogens with zero attached hydrogens (tertiary/aromatic N) is 2. The van der Waals surface area contributed by atoms with Crippen molar-refractivity contribution in [2.24, 2.45) is 0 Å². The summed E-state index contributed by atoms with van der Waals surface area (Å²) >= 11 is 7.73. The molecule has 19 heavy (non-hydrogen) atoms. The van der Waals surface area contributed by atoms with Crippen LogP contribution in [0.15, 0.2) is 23.7 Å². The van der Waals surface area contributed by atoms with Gasteiger partial charge in [-0.3, -0.25) is 0 Å². The van der Waals surface area contributed by atoms with Crippen molar-refractivity contribution in [1.29, 1.82) is 0 Å². The van der Waals surface area contributed by atoms with E-state index in [1.165, 1.54) is 4.88 Å². The minimum absolute atomic E-state index is 0.437.